The van der Waals surface area contributed by atoms with Crippen molar-refractivity contribution in [2.45, 2.75) is 80.6 Å². The topological polar surface area (TPSA) is 12.0 Å². The third kappa shape index (κ3) is 8.60. The minimum Gasteiger partial charge on any atom is -0.379 e. The first-order valence-corrected chi connectivity index (χ1v) is 12.8. The van der Waals surface area contributed by atoms with E-state index in [1.54, 1.807) is 11.8 Å². The van der Waals surface area contributed by atoms with E-state index >= 15 is 0 Å². The molecule has 0 saturated carbocycles. The molecule has 29 heavy (non-hydrogen) atoms. The Balaban J connectivity index is 3.06. The van der Waals surface area contributed by atoms with E-state index in [4.69, 9.17) is 0 Å². The van der Waals surface area contributed by atoms with Crippen LogP contribution >= 0.6 is 23.1 Å². The first-order valence-electron chi connectivity index (χ1n) is 11.1. The number of nitrogens with one attached hydrogen (secondary N) is 1. The van der Waals surface area contributed by atoms with Gasteiger partial charge in [0.05, 0.1) is 10.6 Å². The summed E-state index contributed by atoms with van der Waals surface area (Å²) in [4.78, 5) is 4.02. The van der Waals surface area contributed by atoms with Gasteiger partial charge in [0.1, 0.15) is 0 Å². The van der Waals surface area contributed by atoms with Crippen LogP contribution in [0, 0.1) is 19.8 Å². The molecular formula is C26H41NS2. The van der Waals surface area contributed by atoms with Crippen LogP contribution in [0.1, 0.15) is 81.2 Å². The lowest BCUT2D eigenvalue weighted by molar-refractivity contribution is 0.699. The van der Waals surface area contributed by atoms with Gasteiger partial charge in [0.25, 0.3) is 0 Å². The Hall–Kier alpha value is -1.19. The first-order chi connectivity index (χ1) is 13.9. The number of thiophene rings is 1. The second kappa shape index (κ2) is 13.9. The van der Waals surface area contributed by atoms with Gasteiger partial charge in [-0.2, -0.15) is 0 Å². The molecule has 1 atom stereocenters. The van der Waals surface area contributed by atoms with Crippen molar-refractivity contribution >= 4 is 28.8 Å². The third-order valence-corrected chi connectivity index (χ3v) is 7.65. The Morgan fingerprint density at radius 1 is 1.17 bits per heavy atom. The van der Waals surface area contributed by atoms with Gasteiger partial charge in [0, 0.05) is 16.3 Å². The van der Waals surface area contributed by atoms with Crippen LogP contribution in [0.4, 0.5) is 0 Å². The molecule has 0 saturated heterocycles. The van der Waals surface area contributed by atoms with Gasteiger partial charge in [-0.3, -0.25) is 0 Å². The molecule has 1 aromatic heterocycles. The summed E-state index contributed by atoms with van der Waals surface area (Å²) in [7, 11) is 0. The molecule has 0 fully saturated rings. The molecule has 0 aliphatic heterocycles. The molecule has 3 heteroatoms. The van der Waals surface area contributed by atoms with Crippen molar-refractivity contribution < 1.29 is 0 Å². The molecule has 1 N–H and O–H groups in total. The Labute approximate surface area is 188 Å². The molecule has 1 aromatic rings. The summed E-state index contributed by atoms with van der Waals surface area (Å²) in [6, 6.07) is 0. The number of allylic oxidation sites excluding steroid dienone is 4. The summed E-state index contributed by atoms with van der Waals surface area (Å²) in [5.41, 5.74) is 5.51. The van der Waals surface area contributed by atoms with Crippen LogP contribution in [0.3, 0.4) is 0 Å². The van der Waals surface area contributed by atoms with Crippen molar-refractivity contribution in [2.75, 3.05) is 6.54 Å². The highest BCUT2D eigenvalue weighted by molar-refractivity contribution is 8.05. The summed E-state index contributed by atoms with van der Waals surface area (Å²) >= 11 is 3.68. The lowest BCUT2D eigenvalue weighted by Crippen LogP contribution is -2.14. The molecule has 162 valence electrons. The summed E-state index contributed by atoms with van der Waals surface area (Å²) < 4.78 is 0. The summed E-state index contributed by atoms with van der Waals surface area (Å²) in [6.07, 6.45) is 12.7. The van der Waals surface area contributed by atoms with Crippen molar-refractivity contribution in [3.8, 4) is 0 Å². The molecule has 0 radical (unpaired) electrons. The normalized spacial score (nSPS) is 13.9. The van der Waals surface area contributed by atoms with Crippen LogP contribution < -0.4 is 5.32 Å². The molecule has 0 bridgehead atoms. The largest absolute Gasteiger partial charge is 0.379 e. The average molecular weight is 432 g/mol. The maximum atomic E-state index is 4.26. The van der Waals surface area contributed by atoms with Crippen LogP contribution in [0.2, 0.25) is 0 Å². The first kappa shape index (κ1) is 25.8. The van der Waals surface area contributed by atoms with Crippen LogP contribution in [0.5, 0.6) is 0 Å². The molecule has 0 amide bonds. The lowest BCUT2D eigenvalue weighted by atomic mass is 10.1. The van der Waals surface area contributed by atoms with Gasteiger partial charge in [-0.15, -0.1) is 23.1 Å². The number of aryl methyl sites for hydroxylation is 1. The molecule has 0 aromatic carbocycles. The van der Waals surface area contributed by atoms with Crippen molar-refractivity contribution in [1.82, 2.24) is 5.32 Å². The van der Waals surface area contributed by atoms with Crippen LogP contribution in [0.25, 0.3) is 5.70 Å². The highest BCUT2D eigenvalue weighted by atomic mass is 32.2. The molecule has 0 aliphatic rings. The lowest BCUT2D eigenvalue weighted by Gasteiger charge is -2.13. The van der Waals surface area contributed by atoms with E-state index < -0.39 is 0 Å². The summed E-state index contributed by atoms with van der Waals surface area (Å²) in [6.45, 7) is 20.8. The fourth-order valence-electron chi connectivity index (χ4n) is 2.91. The molecular weight excluding hydrogens is 390 g/mol. The SMILES string of the molecule is C=C(CN/C(=C/C(=C/CCC)CC)c1sc(CC)c(C)c1C)S/C=C\C(C)CC. The van der Waals surface area contributed by atoms with E-state index in [9.17, 15) is 0 Å². The van der Waals surface area contributed by atoms with E-state index in [0.717, 1.165) is 30.7 Å². The predicted octanol–water partition coefficient (Wildman–Crippen LogP) is 8.80. The minimum atomic E-state index is 0.624. The van der Waals surface area contributed by atoms with Gasteiger partial charge < -0.3 is 5.32 Å². The van der Waals surface area contributed by atoms with Gasteiger partial charge in [0.15, 0.2) is 0 Å². The van der Waals surface area contributed by atoms with E-state index in [-0.39, 0.29) is 0 Å². The van der Waals surface area contributed by atoms with E-state index in [2.05, 4.69) is 84.0 Å². The van der Waals surface area contributed by atoms with Crippen molar-refractivity contribution in [3.05, 3.63) is 61.6 Å². The third-order valence-electron chi connectivity index (χ3n) is 5.31. The fourth-order valence-corrected chi connectivity index (χ4v) is 4.85. The van der Waals surface area contributed by atoms with E-state index in [1.165, 1.54) is 45.0 Å². The molecule has 0 aliphatic carbocycles. The van der Waals surface area contributed by atoms with E-state index in [0.29, 0.717) is 5.92 Å². The Bertz CT molecular complexity index is 734. The number of hydrogen-bond acceptors (Lipinski definition) is 3. The molecule has 0 spiro atoms. The van der Waals surface area contributed by atoms with Crippen molar-refractivity contribution in [1.29, 1.82) is 0 Å². The van der Waals surface area contributed by atoms with Gasteiger partial charge in [-0.1, -0.05) is 71.8 Å². The predicted molar refractivity (Wildman–Crippen MR) is 138 cm³/mol. The standard InChI is InChI=1S/C26H41NS2/c1-9-13-14-23(11-3)17-24(26-22(8)21(7)25(12-4)29-26)27-18-20(6)28-16-15-19(5)10-2/h14-17,19,27H,6,9-13,18H2,1-5,7-8H3/b16-15-,23-14+,24-17+. The zero-order valence-electron chi connectivity index (χ0n) is 19.7. The highest BCUT2D eigenvalue weighted by Gasteiger charge is 2.14. The Kier molecular flexibility index (Phi) is 12.4. The summed E-state index contributed by atoms with van der Waals surface area (Å²) in [5.74, 6) is 0.624. The highest BCUT2D eigenvalue weighted by Crippen LogP contribution is 2.33. The Morgan fingerprint density at radius 2 is 1.90 bits per heavy atom. The second-order valence-corrected chi connectivity index (χ2v) is 9.85. The number of thioether (sulfide) groups is 1. The maximum absolute atomic E-state index is 4.26. The van der Waals surface area contributed by atoms with Gasteiger partial charge in [0.2, 0.25) is 0 Å². The smallest absolute Gasteiger partial charge is 0.0536 e. The number of unbranched alkanes of at least 4 members (excludes halogenated alkanes) is 1. The monoisotopic (exact) mass is 431 g/mol. The molecule has 1 heterocycles. The van der Waals surface area contributed by atoms with Gasteiger partial charge >= 0.3 is 0 Å². The zero-order valence-corrected chi connectivity index (χ0v) is 21.3. The van der Waals surface area contributed by atoms with Crippen LogP contribution in [0.15, 0.2) is 40.7 Å². The zero-order chi connectivity index (χ0) is 21.8. The molecule has 1 unspecified atom stereocenters. The average Bonchev–Trinajstić information content (AvgIpc) is 3.01. The van der Waals surface area contributed by atoms with Gasteiger partial charge in [-0.05, 0) is 61.6 Å². The summed E-state index contributed by atoms with van der Waals surface area (Å²) in [5, 5.41) is 5.90. The minimum absolute atomic E-state index is 0.624. The molecule has 1 nitrogen and oxygen atoms in total. The second-order valence-electron chi connectivity index (χ2n) is 7.66. The van der Waals surface area contributed by atoms with Crippen LogP contribution in [-0.4, -0.2) is 6.54 Å². The number of hydrogen-bond donors (Lipinski definition) is 1. The van der Waals surface area contributed by atoms with Gasteiger partial charge in [-0.25, -0.2) is 0 Å². The van der Waals surface area contributed by atoms with Crippen LogP contribution in [-0.2, 0) is 6.42 Å². The Morgan fingerprint density at radius 3 is 2.45 bits per heavy atom. The number of rotatable bonds is 13. The fraction of sp³-hybridized carbons (Fsp3) is 0.538. The van der Waals surface area contributed by atoms with E-state index in [1.807, 2.05) is 11.3 Å². The molecule has 1 rings (SSSR count). The van der Waals surface area contributed by atoms with Crippen molar-refractivity contribution in [3.63, 3.8) is 0 Å². The quantitative estimate of drug-likeness (QED) is 0.313. The maximum Gasteiger partial charge on any atom is 0.0536 e. The van der Waals surface area contributed by atoms with Crippen molar-refractivity contribution in [2.24, 2.45) is 5.92 Å².